The smallest absolute Gasteiger partial charge is 0.280 e. The Morgan fingerprint density at radius 3 is 2.83 bits per heavy atom. The van der Waals surface area contributed by atoms with Gasteiger partial charge in [-0.25, -0.2) is 4.98 Å². The maximum absolute atomic E-state index is 13.3. The minimum absolute atomic E-state index is 0.174. The molecule has 160 valence electrons. The number of carbonyl (C=O) groups is 1. The molecule has 0 atom stereocenters. The second-order valence-corrected chi connectivity index (χ2v) is 8.45. The Morgan fingerprint density at radius 2 is 2.13 bits per heavy atom. The van der Waals surface area contributed by atoms with Gasteiger partial charge in [0.25, 0.3) is 5.91 Å². The van der Waals surface area contributed by atoms with Crippen molar-refractivity contribution in [1.82, 2.24) is 19.7 Å². The fourth-order valence-corrected chi connectivity index (χ4v) is 4.73. The van der Waals surface area contributed by atoms with Crippen molar-refractivity contribution in [3.05, 3.63) is 35.1 Å². The van der Waals surface area contributed by atoms with Gasteiger partial charge in [0.05, 0.1) is 30.0 Å². The Hall–Kier alpha value is -2.20. The number of fused-ring (bicyclic) bond motifs is 1. The summed E-state index contributed by atoms with van der Waals surface area (Å²) in [5.41, 5.74) is 1.05. The van der Waals surface area contributed by atoms with Crippen LogP contribution in [0.3, 0.4) is 0 Å². The van der Waals surface area contributed by atoms with E-state index in [-0.39, 0.29) is 5.91 Å². The first-order chi connectivity index (χ1) is 14.6. The maximum Gasteiger partial charge on any atom is 0.280 e. The van der Waals surface area contributed by atoms with Crippen LogP contribution in [0.5, 0.6) is 5.75 Å². The highest BCUT2D eigenvalue weighted by Gasteiger charge is 2.25. The first-order valence-corrected chi connectivity index (χ1v) is 11.0. The Bertz CT molecular complexity index is 1030. The molecule has 1 amide bonds. The molecule has 3 heterocycles. The van der Waals surface area contributed by atoms with Crippen molar-refractivity contribution in [3.8, 4) is 5.75 Å². The van der Waals surface area contributed by atoms with E-state index in [1.54, 1.807) is 48.1 Å². The summed E-state index contributed by atoms with van der Waals surface area (Å²) in [6.07, 6.45) is 2.58. The zero-order valence-corrected chi connectivity index (χ0v) is 18.6. The molecule has 4 rings (SSSR count). The van der Waals surface area contributed by atoms with Crippen LogP contribution in [0.15, 0.2) is 24.4 Å². The number of anilines is 1. The molecule has 2 aromatic heterocycles. The molecule has 0 spiro atoms. The van der Waals surface area contributed by atoms with E-state index >= 15 is 0 Å². The first-order valence-electron chi connectivity index (χ1n) is 9.81. The molecule has 1 saturated heterocycles. The number of carbonyl (C=O) groups excluding carboxylic acids is 1. The SMILES string of the molecule is COc1ccc(Cl)c2sc(N(CCCN3CCOCC3)C(=O)c3ccn(C)n3)nc12. The van der Waals surface area contributed by atoms with Gasteiger partial charge in [-0.1, -0.05) is 22.9 Å². The number of ether oxygens (including phenoxy) is 2. The van der Waals surface area contributed by atoms with Crippen molar-refractivity contribution in [3.63, 3.8) is 0 Å². The lowest BCUT2D eigenvalue weighted by Gasteiger charge is -2.27. The first kappa shape index (κ1) is 21.0. The second-order valence-electron chi connectivity index (χ2n) is 7.06. The molecule has 3 aromatic rings. The van der Waals surface area contributed by atoms with E-state index in [4.69, 9.17) is 26.1 Å². The predicted molar refractivity (Wildman–Crippen MR) is 118 cm³/mol. The van der Waals surface area contributed by atoms with Crippen LogP contribution < -0.4 is 9.64 Å². The van der Waals surface area contributed by atoms with Crippen LogP contribution in [-0.2, 0) is 11.8 Å². The number of hydrogen-bond donors (Lipinski definition) is 0. The average Bonchev–Trinajstić information content (AvgIpc) is 3.39. The summed E-state index contributed by atoms with van der Waals surface area (Å²) in [6.45, 7) is 4.78. The highest BCUT2D eigenvalue weighted by molar-refractivity contribution is 7.23. The number of thiazole rings is 1. The van der Waals surface area contributed by atoms with Gasteiger partial charge in [-0.15, -0.1) is 0 Å². The molecule has 1 fully saturated rings. The molecule has 30 heavy (non-hydrogen) atoms. The Kier molecular flexibility index (Phi) is 6.52. The summed E-state index contributed by atoms with van der Waals surface area (Å²) in [5.74, 6) is 0.460. The van der Waals surface area contributed by atoms with E-state index in [1.807, 2.05) is 0 Å². The third-order valence-electron chi connectivity index (χ3n) is 5.04. The number of aromatic nitrogens is 3. The normalized spacial score (nSPS) is 14.9. The van der Waals surface area contributed by atoms with Crippen molar-refractivity contribution in [1.29, 1.82) is 0 Å². The summed E-state index contributed by atoms with van der Waals surface area (Å²) >= 11 is 7.78. The van der Waals surface area contributed by atoms with Crippen molar-refractivity contribution >= 4 is 44.2 Å². The highest BCUT2D eigenvalue weighted by atomic mass is 35.5. The number of aryl methyl sites for hydroxylation is 1. The summed E-state index contributed by atoms with van der Waals surface area (Å²) in [6, 6.07) is 5.30. The third-order valence-corrected chi connectivity index (χ3v) is 6.57. The molecule has 0 bridgehead atoms. The van der Waals surface area contributed by atoms with Gasteiger partial charge in [-0.2, -0.15) is 5.10 Å². The van der Waals surface area contributed by atoms with Gasteiger partial charge in [0.1, 0.15) is 11.3 Å². The molecule has 0 radical (unpaired) electrons. The van der Waals surface area contributed by atoms with Crippen LogP contribution in [0.2, 0.25) is 5.02 Å². The summed E-state index contributed by atoms with van der Waals surface area (Å²) in [5, 5.41) is 5.47. The monoisotopic (exact) mass is 449 g/mol. The van der Waals surface area contributed by atoms with Crippen LogP contribution in [-0.4, -0.2) is 72.1 Å². The zero-order valence-electron chi connectivity index (χ0n) is 17.0. The summed E-state index contributed by atoms with van der Waals surface area (Å²) in [4.78, 5) is 22.0. The van der Waals surface area contributed by atoms with E-state index < -0.39 is 0 Å². The van der Waals surface area contributed by atoms with Gasteiger partial charge in [0, 0.05) is 39.4 Å². The maximum atomic E-state index is 13.3. The Balaban J connectivity index is 1.61. The minimum atomic E-state index is -0.174. The number of nitrogens with zero attached hydrogens (tertiary/aromatic N) is 5. The van der Waals surface area contributed by atoms with Crippen molar-refractivity contribution < 1.29 is 14.3 Å². The van der Waals surface area contributed by atoms with E-state index in [2.05, 4.69) is 10.00 Å². The van der Waals surface area contributed by atoms with Gasteiger partial charge in [0.15, 0.2) is 10.8 Å². The summed E-state index contributed by atoms with van der Waals surface area (Å²) in [7, 11) is 3.39. The topological polar surface area (TPSA) is 72.7 Å². The molecule has 8 nitrogen and oxygen atoms in total. The van der Waals surface area contributed by atoms with Crippen LogP contribution in [0.4, 0.5) is 5.13 Å². The van der Waals surface area contributed by atoms with Crippen LogP contribution in [0.25, 0.3) is 10.2 Å². The van der Waals surface area contributed by atoms with Gasteiger partial charge in [0.2, 0.25) is 0 Å². The predicted octanol–water partition coefficient (Wildman–Crippen LogP) is 3.06. The van der Waals surface area contributed by atoms with Gasteiger partial charge >= 0.3 is 0 Å². The van der Waals surface area contributed by atoms with Crippen LogP contribution in [0.1, 0.15) is 16.9 Å². The largest absolute Gasteiger partial charge is 0.494 e. The Labute approximate surface area is 183 Å². The lowest BCUT2D eigenvalue weighted by molar-refractivity contribution is 0.0376. The number of rotatable bonds is 7. The number of amides is 1. The molecule has 0 saturated carbocycles. The average molecular weight is 450 g/mol. The lowest BCUT2D eigenvalue weighted by atomic mass is 10.3. The molecule has 1 aromatic carbocycles. The van der Waals surface area contributed by atoms with Crippen molar-refractivity contribution in [2.75, 3.05) is 51.4 Å². The fraction of sp³-hybridized carbons (Fsp3) is 0.450. The molecular weight excluding hydrogens is 426 g/mol. The Morgan fingerprint density at radius 1 is 1.33 bits per heavy atom. The number of halogens is 1. The van der Waals surface area contributed by atoms with E-state index in [0.717, 1.165) is 44.0 Å². The minimum Gasteiger partial charge on any atom is -0.494 e. The number of methoxy groups -OCH3 is 1. The highest BCUT2D eigenvalue weighted by Crippen LogP contribution is 2.39. The number of benzene rings is 1. The van der Waals surface area contributed by atoms with Crippen LogP contribution >= 0.6 is 22.9 Å². The van der Waals surface area contributed by atoms with Crippen molar-refractivity contribution in [2.24, 2.45) is 7.05 Å². The quantitative estimate of drug-likeness (QED) is 0.552. The number of hydrogen-bond acceptors (Lipinski definition) is 7. The van der Waals surface area contributed by atoms with E-state index in [9.17, 15) is 4.79 Å². The van der Waals surface area contributed by atoms with Crippen LogP contribution in [0, 0.1) is 0 Å². The van der Waals surface area contributed by atoms with Gasteiger partial charge in [-0.05, 0) is 24.6 Å². The standard InChI is InChI=1S/C20H24ClN5O3S/c1-24-9-6-15(23-24)19(27)26(8-3-7-25-10-12-29-13-11-25)20-22-17-16(28-2)5-4-14(21)18(17)30-20/h4-6,9H,3,7-8,10-13H2,1-2H3. The lowest BCUT2D eigenvalue weighted by Crippen LogP contribution is -2.39. The molecule has 1 aliphatic heterocycles. The molecule has 1 aliphatic rings. The molecule has 0 unspecified atom stereocenters. The van der Waals surface area contributed by atoms with Gasteiger partial charge in [-0.3, -0.25) is 19.3 Å². The van der Waals surface area contributed by atoms with E-state index in [0.29, 0.717) is 33.7 Å². The second kappa shape index (κ2) is 9.30. The molecule has 0 N–H and O–H groups in total. The zero-order chi connectivity index (χ0) is 21.1. The summed E-state index contributed by atoms with van der Waals surface area (Å²) < 4.78 is 13.3. The molecule has 10 heteroatoms. The third kappa shape index (κ3) is 4.44. The number of morpholine rings is 1. The molecular formula is C20H24ClN5O3S. The van der Waals surface area contributed by atoms with Crippen molar-refractivity contribution in [2.45, 2.75) is 6.42 Å². The molecule has 0 aliphatic carbocycles. The fourth-order valence-electron chi connectivity index (χ4n) is 3.45. The van der Waals surface area contributed by atoms with Gasteiger partial charge < -0.3 is 9.47 Å². The van der Waals surface area contributed by atoms with E-state index in [1.165, 1.54) is 11.3 Å².